The van der Waals surface area contributed by atoms with Gasteiger partial charge in [0, 0.05) is 25.7 Å². The van der Waals surface area contributed by atoms with Crippen LogP contribution in [0.25, 0.3) is 0 Å². The average molecular weight is 308 g/mol. The first kappa shape index (κ1) is 15.3. The summed E-state index contributed by atoms with van der Waals surface area (Å²) in [4.78, 5) is 39.7. The highest BCUT2D eigenvalue weighted by Gasteiger charge is 2.55. The van der Waals surface area contributed by atoms with Crippen LogP contribution in [0.1, 0.15) is 33.1 Å². The zero-order valence-electron chi connectivity index (χ0n) is 13.2. The first-order valence-corrected chi connectivity index (χ1v) is 8.06. The second-order valence-electron chi connectivity index (χ2n) is 6.99. The minimum atomic E-state index is -0.835. The quantitative estimate of drug-likeness (QED) is 0.696. The van der Waals surface area contributed by atoms with E-state index in [-0.39, 0.29) is 23.9 Å². The normalized spacial score (nSPS) is 28.8. The molecule has 0 aromatic rings. The lowest BCUT2D eigenvalue weighted by molar-refractivity contribution is -0.132. The Morgan fingerprint density at radius 2 is 2.14 bits per heavy atom. The van der Waals surface area contributed by atoms with Crippen LogP contribution >= 0.6 is 0 Å². The molecule has 122 valence electrons. The molecule has 0 unspecified atom stereocenters. The predicted molar refractivity (Wildman–Crippen MR) is 80.0 cm³/mol. The number of hydrogen-bond acceptors (Lipinski definition) is 4. The van der Waals surface area contributed by atoms with E-state index in [2.05, 4.69) is 10.6 Å². The van der Waals surface area contributed by atoms with Gasteiger partial charge in [0.25, 0.3) is 5.91 Å². The lowest BCUT2D eigenvalue weighted by atomic mass is 9.98. The Morgan fingerprint density at radius 3 is 2.73 bits per heavy atom. The van der Waals surface area contributed by atoms with Gasteiger partial charge < -0.3 is 10.6 Å². The third-order valence-electron chi connectivity index (χ3n) is 4.71. The number of likely N-dealkylation sites (tertiary alicyclic amines) is 1. The first-order valence-electron chi connectivity index (χ1n) is 8.06. The van der Waals surface area contributed by atoms with E-state index < -0.39 is 5.54 Å². The highest BCUT2D eigenvalue weighted by Crippen LogP contribution is 2.30. The molecule has 22 heavy (non-hydrogen) atoms. The van der Waals surface area contributed by atoms with Gasteiger partial charge in [-0.1, -0.05) is 0 Å². The minimum absolute atomic E-state index is 0.00133. The van der Waals surface area contributed by atoms with Crippen molar-refractivity contribution in [2.45, 2.75) is 44.7 Å². The van der Waals surface area contributed by atoms with Crippen LogP contribution in [0.15, 0.2) is 0 Å². The summed E-state index contributed by atoms with van der Waals surface area (Å²) < 4.78 is 0. The molecule has 0 aromatic heterocycles. The fraction of sp³-hybridized carbons (Fsp3) is 0.800. The lowest BCUT2D eigenvalue weighted by Gasteiger charge is -2.23. The Kier molecular flexibility index (Phi) is 3.84. The molecule has 1 aliphatic carbocycles. The molecule has 1 atom stereocenters. The molecule has 0 radical (unpaired) electrons. The van der Waals surface area contributed by atoms with E-state index in [9.17, 15) is 14.4 Å². The topological polar surface area (TPSA) is 81.8 Å². The van der Waals surface area contributed by atoms with Crippen LogP contribution in [0.5, 0.6) is 0 Å². The molecule has 1 spiro atoms. The Balaban J connectivity index is 1.56. The largest absolute Gasteiger partial charge is 0.355 e. The van der Waals surface area contributed by atoms with E-state index in [1.54, 1.807) is 0 Å². The molecule has 4 amide bonds. The van der Waals surface area contributed by atoms with Gasteiger partial charge in [0.2, 0.25) is 5.91 Å². The molecule has 0 aromatic carbocycles. The fourth-order valence-corrected chi connectivity index (χ4v) is 3.25. The lowest BCUT2D eigenvalue weighted by Crippen LogP contribution is -2.50. The van der Waals surface area contributed by atoms with Gasteiger partial charge in [-0.15, -0.1) is 0 Å². The van der Waals surface area contributed by atoms with Crippen molar-refractivity contribution in [2.24, 2.45) is 5.92 Å². The van der Waals surface area contributed by atoms with Crippen LogP contribution < -0.4 is 10.6 Å². The standard InChI is InChI=1S/C15H24N4O3/c1-10(2)19-13(21)15(17-14(19)22)5-6-18(9-15)8-12(20)16-7-11-3-4-11/h10-11H,3-9H2,1-2H3,(H,16,20)(H,17,22)/t15-/m1/s1. The number of amides is 4. The van der Waals surface area contributed by atoms with E-state index in [1.165, 1.54) is 17.7 Å². The zero-order valence-corrected chi connectivity index (χ0v) is 13.2. The van der Waals surface area contributed by atoms with Crippen molar-refractivity contribution in [3.8, 4) is 0 Å². The number of nitrogens with one attached hydrogen (secondary N) is 2. The van der Waals surface area contributed by atoms with Gasteiger partial charge in [-0.25, -0.2) is 4.79 Å². The molecule has 0 bridgehead atoms. The highest BCUT2D eigenvalue weighted by molar-refractivity contribution is 6.07. The van der Waals surface area contributed by atoms with E-state index >= 15 is 0 Å². The summed E-state index contributed by atoms with van der Waals surface area (Å²) in [6.07, 6.45) is 2.98. The molecule has 2 aliphatic heterocycles. The van der Waals surface area contributed by atoms with Gasteiger partial charge in [0.15, 0.2) is 0 Å². The van der Waals surface area contributed by atoms with Crippen LogP contribution in [0.2, 0.25) is 0 Å². The van der Waals surface area contributed by atoms with E-state index in [0.29, 0.717) is 32.0 Å². The zero-order chi connectivity index (χ0) is 15.9. The van der Waals surface area contributed by atoms with Gasteiger partial charge in [-0.3, -0.25) is 19.4 Å². The average Bonchev–Trinajstić information content (AvgIpc) is 3.13. The summed E-state index contributed by atoms with van der Waals surface area (Å²) in [7, 11) is 0. The van der Waals surface area contributed by atoms with Gasteiger partial charge in [0.05, 0.1) is 6.54 Å². The van der Waals surface area contributed by atoms with Gasteiger partial charge >= 0.3 is 6.03 Å². The first-order chi connectivity index (χ1) is 10.4. The predicted octanol–water partition coefficient (Wildman–Crippen LogP) is -0.0827. The van der Waals surface area contributed by atoms with Gasteiger partial charge in [-0.05, 0) is 39.0 Å². The van der Waals surface area contributed by atoms with Crippen LogP contribution in [0.4, 0.5) is 4.79 Å². The Labute approximate surface area is 130 Å². The van der Waals surface area contributed by atoms with Crippen LogP contribution in [0.3, 0.4) is 0 Å². The summed E-state index contributed by atoms with van der Waals surface area (Å²) in [6, 6.07) is -0.470. The number of urea groups is 1. The van der Waals surface area contributed by atoms with Crippen molar-refractivity contribution in [2.75, 3.05) is 26.2 Å². The number of rotatable bonds is 5. The number of imide groups is 1. The summed E-state index contributed by atoms with van der Waals surface area (Å²) in [5.41, 5.74) is -0.835. The molecular weight excluding hydrogens is 284 g/mol. The SMILES string of the molecule is CC(C)N1C(=O)N[C@@]2(CCN(CC(=O)NCC3CC3)C2)C1=O. The van der Waals surface area contributed by atoms with Gasteiger partial charge in [0.1, 0.15) is 5.54 Å². The maximum absolute atomic E-state index is 12.6. The van der Waals surface area contributed by atoms with Crippen molar-refractivity contribution in [3.05, 3.63) is 0 Å². The fourth-order valence-electron chi connectivity index (χ4n) is 3.25. The summed E-state index contributed by atoms with van der Waals surface area (Å²) in [5, 5.41) is 5.77. The van der Waals surface area contributed by atoms with Crippen molar-refractivity contribution < 1.29 is 14.4 Å². The van der Waals surface area contributed by atoms with Crippen LogP contribution in [-0.4, -0.2) is 65.4 Å². The molecule has 3 fully saturated rings. The smallest absolute Gasteiger partial charge is 0.325 e. The second kappa shape index (κ2) is 5.53. The maximum atomic E-state index is 12.6. The summed E-state index contributed by atoms with van der Waals surface area (Å²) in [6.45, 7) is 5.77. The maximum Gasteiger partial charge on any atom is 0.325 e. The van der Waals surface area contributed by atoms with Gasteiger partial charge in [-0.2, -0.15) is 0 Å². The molecule has 2 saturated heterocycles. The van der Waals surface area contributed by atoms with Crippen LogP contribution in [0, 0.1) is 5.92 Å². The van der Waals surface area contributed by atoms with E-state index in [1.807, 2.05) is 18.7 Å². The number of carbonyl (C=O) groups is 3. The Hall–Kier alpha value is -1.63. The molecule has 2 heterocycles. The third-order valence-corrected chi connectivity index (χ3v) is 4.71. The molecule has 3 rings (SSSR count). The summed E-state index contributed by atoms with van der Waals surface area (Å²) >= 11 is 0. The number of carbonyl (C=O) groups excluding carboxylic acids is 3. The number of hydrogen-bond donors (Lipinski definition) is 2. The molecule has 1 saturated carbocycles. The Bertz CT molecular complexity index is 503. The molecular formula is C15H24N4O3. The van der Waals surface area contributed by atoms with Crippen LogP contribution in [-0.2, 0) is 9.59 Å². The summed E-state index contributed by atoms with van der Waals surface area (Å²) in [5.74, 6) is 0.499. The molecule has 3 aliphatic rings. The van der Waals surface area contributed by atoms with E-state index in [0.717, 1.165) is 6.54 Å². The van der Waals surface area contributed by atoms with Crippen molar-refractivity contribution >= 4 is 17.8 Å². The Morgan fingerprint density at radius 1 is 1.41 bits per heavy atom. The molecule has 2 N–H and O–H groups in total. The minimum Gasteiger partial charge on any atom is -0.355 e. The monoisotopic (exact) mass is 308 g/mol. The number of nitrogens with zero attached hydrogens (tertiary/aromatic N) is 2. The third kappa shape index (κ3) is 2.82. The van der Waals surface area contributed by atoms with Crippen molar-refractivity contribution in [1.29, 1.82) is 0 Å². The van der Waals surface area contributed by atoms with E-state index in [4.69, 9.17) is 0 Å². The van der Waals surface area contributed by atoms with Crippen molar-refractivity contribution in [1.82, 2.24) is 20.4 Å². The highest BCUT2D eigenvalue weighted by atomic mass is 16.2. The van der Waals surface area contributed by atoms with Crippen molar-refractivity contribution in [3.63, 3.8) is 0 Å². The second-order valence-corrected chi connectivity index (χ2v) is 6.99. The molecule has 7 heteroatoms. The molecule has 7 nitrogen and oxygen atoms in total.